The molecule has 0 spiro atoms. The number of carboxylic acid groups (broad SMARTS) is 1. The number of carbonyl (C=O) groups excluding carboxylic acids is 1. The first-order valence-corrected chi connectivity index (χ1v) is 8.81. The van der Waals surface area contributed by atoms with Gasteiger partial charge in [0.25, 0.3) is 5.91 Å². The molecule has 2 N–H and O–H groups in total. The van der Waals surface area contributed by atoms with E-state index in [1.165, 1.54) is 0 Å². The summed E-state index contributed by atoms with van der Waals surface area (Å²) in [6, 6.07) is 9.20. The summed E-state index contributed by atoms with van der Waals surface area (Å²) in [5.41, 5.74) is 1.96. The van der Waals surface area contributed by atoms with Gasteiger partial charge in [-0.3, -0.25) is 14.7 Å². The number of H-pyrrole nitrogens is 1. The standard InChI is InChI=1S/C19H23N3O4/c1-26-15-7-4-5-13(11-15)16-12-17(21-20-16)19(25)22-10-3-2-6-14(22)8-9-18(23)24/h4-5,7,11-12,14H,2-3,6,8-10H2,1H3,(H,20,21)(H,23,24). The number of aromatic nitrogens is 2. The molecule has 0 bridgehead atoms. The van der Waals surface area contributed by atoms with Crippen molar-refractivity contribution in [3.8, 4) is 17.0 Å². The van der Waals surface area contributed by atoms with Gasteiger partial charge < -0.3 is 14.7 Å². The second-order valence-corrected chi connectivity index (χ2v) is 6.48. The average molecular weight is 357 g/mol. The summed E-state index contributed by atoms with van der Waals surface area (Å²) in [6.07, 6.45) is 3.36. The van der Waals surface area contributed by atoms with E-state index in [1.807, 2.05) is 24.3 Å². The van der Waals surface area contributed by atoms with E-state index in [0.717, 1.165) is 30.6 Å². The fraction of sp³-hybridized carbons (Fsp3) is 0.421. The fourth-order valence-electron chi connectivity index (χ4n) is 3.37. The highest BCUT2D eigenvalue weighted by molar-refractivity contribution is 5.93. The predicted octanol–water partition coefficient (Wildman–Crippen LogP) is 2.94. The second kappa shape index (κ2) is 8.03. The van der Waals surface area contributed by atoms with E-state index in [2.05, 4.69) is 10.2 Å². The lowest BCUT2D eigenvalue weighted by atomic mass is 9.97. The molecule has 0 radical (unpaired) electrons. The molecule has 138 valence electrons. The zero-order chi connectivity index (χ0) is 18.5. The van der Waals surface area contributed by atoms with E-state index in [9.17, 15) is 9.59 Å². The molecule has 1 fully saturated rings. The summed E-state index contributed by atoms with van der Waals surface area (Å²) >= 11 is 0. The molecule has 3 rings (SSSR count). The first-order chi connectivity index (χ1) is 12.6. The summed E-state index contributed by atoms with van der Waals surface area (Å²) < 4.78 is 5.22. The maximum atomic E-state index is 12.9. The van der Waals surface area contributed by atoms with Gasteiger partial charge in [-0.2, -0.15) is 5.10 Å². The molecular weight excluding hydrogens is 334 g/mol. The average Bonchev–Trinajstić information content (AvgIpc) is 3.16. The molecule has 1 aliphatic rings. The summed E-state index contributed by atoms with van der Waals surface area (Å²) in [5.74, 6) is -0.227. The van der Waals surface area contributed by atoms with Gasteiger partial charge in [-0.1, -0.05) is 12.1 Å². The third-order valence-corrected chi connectivity index (χ3v) is 4.75. The number of benzene rings is 1. The first-order valence-electron chi connectivity index (χ1n) is 8.81. The minimum absolute atomic E-state index is 0.0316. The number of piperidine rings is 1. The van der Waals surface area contributed by atoms with Crippen LogP contribution >= 0.6 is 0 Å². The van der Waals surface area contributed by atoms with Crippen LogP contribution in [0, 0.1) is 0 Å². The van der Waals surface area contributed by atoms with E-state index in [4.69, 9.17) is 9.84 Å². The van der Waals surface area contributed by atoms with Crippen molar-refractivity contribution < 1.29 is 19.4 Å². The van der Waals surface area contributed by atoms with E-state index in [1.54, 1.807) is 18.1 Å². The van der Waals surface area contributed by atoms with Crippen molar-refractivity contribution in [1.82, 2.24) is 15.1 Å². The van der Waals surface area contributed by atoms with Crippen LogP contribution in [0.4, 0.5) is 0 Å². The van der Waals surface area contributed by atoms with Crippen molar-refractivity contribution in [2.24, 2.45) is 0 Å². The molecule has 2 aromatic rings. The second-order valence-electron chi connectivity index (χ2n) is 6.48. The molecule has 0 aliphatic carbocycles. The Kier molecular flexibility index (Phi) is 5.55. The van der Waals surface area contributed by atoms with E-state index in [-0.39, 0.29) is 18.4 Å². The van der Waals surface area contributed by atoms with Crippen LogP contribution < -0.4 is 4.74 Å². The Hall–Kier alpha value is -2.83. The van der Waals surface area contributed by atoms with Crippen LogP contribution in [0.2, 0.25) is 0 Å². The number of hydrogen-bond acceptors (Lipinski definition) is 4. The highest BCUT2D eigenvalue weighted by Gasteiger charge is 2.28. The van der Waals surface area contributed by atoms with Crippen molar-refractivity contribution in [3.05, 3.63) is 36.0 Å². The number of aromatic amines is 1. The van der Waals surface area contributed by atoms with Gasteiger partial charge in [0.15, 0.2) is 0 Å². The summed E-state index contributed by atoms with van der Waals surface area (Å²) in [4.78, 5) is 25.6. The van der Waals surface area contributed by atoms with Gasteiger partial charge in [-0.25, -0.2) is 0 Å². The Balaban J connectivity index is 1.76. The molecular formula is C19H23N3O4. The molecule has 7 nitrogen and oxygen atoms in total. The SMILES string of the molecule is COc1cccc(-c2cc(C(=O)N3CCCCC3CCC(=O)O)[nH]n2)c1. The van der Waals surface area contributed by atoms with E-state index in [0.29, 0.717) is 24.4 Å². The van der Waals surface area contributed by atoms with Gasteiger partial charge in [0.2, 0.25) is 0 Å². The third-order valence-electron chi connectivity index (χ3n) is 4.75. The first kappa shape index (κ1) is 18.0. The maximum Gasteiger partial charge on any atom is 0.303 e. The molecule has 1 aromatic heterocycles. The Morgan fingerprint density at radius 3 is 2.96 bits per heavy atom. The smallest absolute Gasteiger partial charge is 0.303 e. The number of rotatable bonds is 6. The number of amides is 1. The zero-order valence-electron chi connectivity index (χ0n) is 14.8. The lowest BCUT2D eigenvalue weighted by Gasteiger charge is -2.35. The quantitative estimate of drug-likeness (QED) is 0.829. The summed E-state index contributed by atoms with van der Waals surface area (Å²) in [5, 5.41) is 16.0. The van der Waals surface area contributed by atoms with Gasteiger partial charge >= 0.3 is 5.97 Å². The van der Waals surface area contributed by atoms with E-state index < -0.39 is 5.97 Å². The fourth-order valence-corrected chi connectivity index (χ4v) is 3.37. The molecule has 1 unspecified atom stereocenters. The van der Waals surface area contributed by atoms with Crippen molar-refractivity contribution in [2.45, 2.75) is 38.1 Å². The minimum atomic E-state index is -0.829. The molecule has 26 heavy (non-hydrogen) atoms. The highest BCUT2D eigenvalue weighted by atomic mass is 16.5. The van der Waals surface area contributed by atoms with Crippen molar-refractivity contribution >= 4 is 11.9 Å². The summed E-state index contributed by atoms with van der Waals surface area (Å²) in [7, 11) is 1.60. The zero-order valence-corrected chi connectivity index (χ0v) is 14.8. The predicted molar refractivity (Wildman–Crippen MR) is 96.1 cm³/mol. The monoisotopic (exact) mass is 357 g/mol. The van der Waals surface area contributed by atoms with Crippen molar-refractivity contribution in [3.63, 3.8) is 0 Å². The lowest BCUT2D eigenvalue weighted by molar-refractivity contribution is -0.137. The molecule has 7 heteroatoms. The number of carbonyl (C=O) groups is 2. The van der Waals surface area contributed by atoms with Crippen LogP contribution in [0.25, 0.3) is 11.3 Å². The number of methoxy groups -OCH3 is 1. The number of ether oxygens (including phenoxy) is 1. The number of hydrogen-bond donors (Lipinski definition) is 2. The Labute approximate surface area is 152 Å². The summed E-state index contributed by atoms with van der Waals surface area (Å²) in [6.45, 7) is 0.649. The molecule has 1 aromatic carbocycles. The topological polar surface area (TPSA) is 95.5 Å². The number of likely N-dealkylation sites (tertiary alicyclic amines) is 1. The molecule has 0 saturated carbocycles. The number of aliphatic carboxylic acids is 1. The lowest BCUT2D eigenvalue weighted by Crippen LogP contribution is -2.44. The normalized spacial score (nSPS) is 17.1. The Bertz CT molecular complexity index is 787. The van der Waals surface area contributed by atoms with Crippen molar-refractivity contribution in [1.29, 1.82) is 0 Å². The highest BCUT2D eigenvalue weighted by Crippen LogP contribution is 2.25. The minimum Gasteiger partial charge on any atom is -0.497 e. The van der Waals surface area contributed by atoms with Gasteiger partial charge in [-0.15, -0.1) is 0 Å². The van der Waals surface area contributed by atoms with Crippen LogP contribution in [0.1, 0.15) is 42.6 Å². The molecule has 1 saturated heterocycles. The van der Waals surface area contributed by atoms with Crippen LogP contribution in [0.3, 0.4) is 0 Å². The van der Waals surface area contributed by atoms with Crippen LogP contribution in [-0.4, -0.2) is 51.8 Å². The maximum absolute atomic E-state index is 12.9. The van der Waals surface area contributed by atoms with Crippen LogP contribution in [0.5, 0.6) is 5.75 Å². The third kappa shape index (κ3) is 4.04. The van der Waals surface area contributed by atoms with Crippen LogP contribution in [-0.2, 0) is 4.79 Å². The number of nitrogens with one attached hydrogen (secondary N) is 1. The van der Waals surface area contributed by atoms with Gasteiger partial charge in [0.05, 0.1) is 12.8 Å². The Morgan fingerprint density at radius 2 is 2.19 bits per heavy atom. The molecule has 2 heterocycles. The molecule has 1 atom stereocenters. The van der Waals surface area contributed by atoms with Crippen LogP contribution in [0.15, 0.2) is 30.3 Å². The molecule has 1 aliphatic heterocycles. The van der Waals surface area contributed by atoms with Gasteiger partial charge in [0, 0.05) is 24.6 Å². The van der Waals surface area contributed by atoms with E-state index >= 15 is 0 Å². The number of carboxylic acids is 1. The number of nitrogens with zero attached hydrogens (tertiary/aromatic N) is 2. The van der Waals surface area contributed by atoms with Gasteiger partial charge in [0.1, 0.15) is 11.4 Å². The van der Waals surface area contributed by atoms with Gasteiger partial charge in [-0.05, 0) is 43.9 Å². The largest absolute Gasteiger partial charge is 0.497 e. The Morgan fingerprint density at radius 1 is 1.35 bits per heavy atom. The molecule has 1 amide bonds. The van der Waals surface area contributed by atoms with Crippen molar-refractivity contribution in [2.75, 3.05) is 13.7 Å².